The molecule has 0 aliphatic heterocycles. The van der Waals surface area contributed by atoms with Crippen LogP contribution in [0.15, 0.2) is 22.2 Å². The first-order chi connectivity index (χ1) is 12.2. The largest absolute Gasteiger partial charge is 0.465 e. The van der Waals surface area contributed by atoms with E-state index in [2.05, 4.69) is 15.4 Å². The third-order valence-corrected chi connectivity index (χ3v) is 4.77. The lowest BCUT2D eigenvalue weighted by Crippen LogP contribution is -2.29. The summed E-state index contributed by atoms with van der Waals surface area (Å²) in [5, 5.41) is 10.3. The van der Waals surface area contributed by atoms with Crippen molar-refractivity contribution in [1.29, 1.82) is 0 Å². The molecule has 7 nitrogen and oxygen atoms in total. The smallest absolute Gasteiger partial charge is 0.349 e. The lowest BCUT2D eigenvalue weighted by atomic mass is 10.2. The number of nitrogens with one attached hydrogen (secondary N) is 2. The first-order valence-corrected chi connectivity index (χ1v) is 9.52. The summed E-state index contributed by atoms with van der Waals surface area (Å²) in [7, 11) is 1.28. The average Bonchev–Trinajstić information content (AvgIpc) is 3.19. The topological polar surface area (TPSA) is 93.7 Å². The Morgan fingerprint density at radius 1 is 1.15 bits per heavy atom. The highest BCUT2D eigenvalue weighted by atomic mass is 32.1. The number of carbonyl (C=O) groups is 3. The highest BCUT2D eigenvalue weighted by Crippen LogP contribution is 2.23. The first kappa shape index (κ1) is 19.9. The third-order valence-electron chi connectivity index (χ3n) is 3.09. The lowest BCUT2D eigenvalue weighted by Gasteiger charge is -2.19. The van der Waals surface area contributed by atoms with Crippen molar-refractivity contribution in [3.8, 4) is 0 Å². The Balaban J connectivity index is 1.97. The SMILES string of the molecule is COC(=O)c1cscc1NC(=O)NCc1ccsc1C(=O)OC(C)(C)C. The number of hydrogen-bond acceptors (Lipinski definition) is 7. The van der Waals surface area contributed by atoms with Crippen LogP contribution in [0, 0.1) is 0 Å². The van der Waals surface area contributed by atoms with E-state index in [0.29, 0.717) is 16.1 Å². The van der Waals surface area contributed by atoms with Crippen LogP contribution in [-0.2, 0) is 16.0 Å². The summed E-state index contributed by atoms with van der Waals surface area (Å²) in [6.07, 6.45) is 0. The standard InChI is InChI=1S/C17H20N2O5S2/c1-17(2,3)24-15(21)13-10(5-6-26-13)7-18-16(22)19-12-9-25-8-11(12)14(20)23-4/h5-6,8-9H,7H2,1-4H3,(H2,18,19,22). The summed E-state index contributed by atoms with van der Waals surface area (Å²) < 4.78 is 10.0. The molecule has 0 saturated heterocycles. The zero-order chi connectivity index (χ0) is 19.3. The summed E-state index contributed by atoms with van der Waals surface area (Å²) >= 11 is 2.54. The summed E-state index contributed by atoms with van der Waals surface area (Å²) in [5.41, 5.74) is 0.736. The predicted octanol–water partition coefficient (Wildman–Crippen LogP) is 3.87. The number of urea groups is 1. The van der Waals surface area contributed by atoms with Gasteiger partial charge in [0.15, 0.2) is 0 Å². The van der Waals surface area contributed by atoms with Gasteiger partial charge in [-0.1, -0.05) is 0 Å². The van der Waals surface area contributed by atoms with Crippen LogP contribution in [0.2, 0.25) is 0 Å². The van der Waals surface area contributed by atoms with Gasteiger partial charge in [-0.25, -0.2) is 14.4 Å². The second kappa shape index (κ2) is 8.33. The number of amides is 2. The van der Waals surface area contributed by atoms with Gasteiger partial charge in [0.2, 0.25) is 0 Å². The number of rotatable bonds is 5. The first-order valence-electron chi connectivity index (χ1n) is 7.70. The maximum Gasteiger partial charge on any atom is 0.349 e. The Morgan fingerprint density at radius 3 is 2.54 bits per heavy atom. The van der Waals surface area contributed by atoms with Gasteiger partial charge < -0.3 is 20.1 Å². The normalized spacial score (nSPS) is 10.9. The highest BCUT2D eigenvalue weighted by Gasteiger charge is 2.22. The molecule has 2 aromatic rings. The monoisotopic (exact) mass is 396 g/mol. The fourth-order valence-corrected chi connectivity index (χ4v) is 3.53. The van der Waals surface area contributed by atoms with E-state index in [1.165, 1.54) is 29.8 Å². The minimum absolute atomic E-state index is 0.154. The van der Waals surface area contributed by atoms with Crippen molar-refractivity contribution in [2.45, 2.75) is 32.9 Å². The summed E-state index contributed by atoms with van der Waals surface area (Å²) in [4.78, 5) is 36.4. The van der Waals surface area contributed by atoms with E-state index in [1.807, 2.05) is 0 Å². The molecule has 0 bridgehead atoms. The number of thiophene rings is 2. The molecule has 0 atom stereocenters. The fraction of sp³-hybridized carbons (Fsp3) is 0.353. The molecule has 2 rings (SSSR count). The third kappa shape index (κ3) is 5.30. The van der Waals surface area contributed by atoms with Crippen LogP contribution in [0.1, 0.15) is 46.4 Å². The molecule has 2 N–H and O–H groups in total. The van der Waals surface area contributed by atoms with Crippen LogP contribution in [-0.4, -0.2) is 30.7 Å². The van der Waals surface area contributed by atoms with Crippen molar-refractivity contribution >= 4 is 46.3 Å². The van der Waals surface area contributed by atoms with Gasteiger partial charge in [0, 0.05) is 17.3 Å². The van der Waals surface area contributed by atoms with Gasteiger partial charge in [-0.3, -0.25) is 0 Å². The Morgan fingerprint density at radius 2 is 1.88 bits per heavy atom. The van der Waals surface area contributed by atoms with Crippen molar-refractivity contribution in [3.05, 3.63) is 38.2 Å². The van der Waals surface area contributed by atoms with Gasteiger partial charge in [0.25, 0.3) is 0 Å². The molecule has 2 amide bonds. The van der Waals surface area contributed by atoms with Crippen LogP contribution in [0.4, 0.5) is 10.5 Å². The van der Waals surface area contributed by atoms with Crippen molar-refractivity contribution in [3.63, 3.8) is 0 Å². The quantitative estimate of drug-likeness (QED) is 0.748. The minimum Gasteiger partial charge on any atom is -0.465 e. The van der Waals surface area contributed by atoms with Crippen molar-refractivity contribution in [2.24, 2.45) is 0 Å². The van der Waals surface area contributed by atoms with Crippen LogP contribution < -0.4 is 10.6 Å². The van der Waals surface area contributed by atoms with E-state index >= 15 is 0 Å². The Labute approximate surface area is 159 Å². The van der Waals surface area contributed by atoms with Gasteiger partial charge in [-0.15, -0.1) is 22.7 Å². The molecule has 0 aromatic carbocycles. The van der Waals surface area contributed by atoms with E-state index in [-0.39, 0.29) is 12.1 Å². The van der Waals surface area contributed by atoms with E-state index in [0.717, 1.165) is 0 Å². The van der Waals surface area contributed by atoms with Gasteiger partial charge >= 0.3 is 18.0 Å². The molecular formula is C17H20N2O5S2. The number of ether oxygens (including phenoxy) is 2. The molecule has 140 valence electrons. The zero-order valence-electron chi connectivity index (χ0n) is 14.9. The number of carbonyl (C=O) groups excluding carboxylic acids is 3. The van der Waals surface area contributed by atoms with Gasteiger partial charge in [-0.05, 0) is 37.8 Å². The minimum atomic E-state index is -0.591. The molecule has 2 heterocycles. The number of hydrogen-bond donors (Lipinski definition) is 2. The maximum absolute atomic E-state index is 12.2. The van der Waals surface area contributed by atoms with E-state index in [9.17, 15) is 14.4 Å². The molecule has 0 aliphatic rings. The second-order valence-electron chi connectivity index (χ2n) is 6.28. The summed E-state index contributed by atoms with van der Waals surface area (Å²) in [6.45, 7) is 5.54. The number of esters is 2. The lowest BCUT2D eigenvalue weighted by molar-refractivity contribution is 0.00737. The number of methoxy groups -OCH3 is 1. The van der Waals surface area contributed by atoms with Crippen molar-refractivity contribution in [2.75, 3.05) is 12.4 Å². The summed E-state index contributed by atoms with van der Waals surface area (Å²) in [5.74, 6) is -0.942. The van der Waals surface area contributed by atoms with Crippen LogP contribution in [0.3, 0.4) is 0 Å². The Hall–Kier alpha value is -2.39. The van der Waals surface area contributed by atoms with Crippen molar-refractivity contribution in [1.82, 2.24) is 5.32 Å². The zero-order valence-corrected chi connectivity index (χ0v) is 16.5. The highest BCUT2D eigenvalue weighted by molar-refractivity contribution is 7.12. The maximum atomic E-state index is 12.2. The van der Waals surface area contributed by atoms with E-state index in [4.69, 9.17) is 4.74 Å². The molecule has 26 heavy (non-hydrogen) atoms. The molecule has 0 aliphatic carbocycles. The molecule has 0 saturated carbocycles. The van der Waals surface area contributed by atoms with Gasteiger partial charge in [0.05, 0.1) is 18.4 Å². The van der Waals surface area contributed by atoms with Gasteiger partial charge in [-0.2, -0.15) is 0 Å². The summed E-state index contributed by atoms with van der Waals surface area (Å²) in [6, 6.07) is 1.27. The molecular weight excluding hydrogens is 376 g/mol. The molecule has 0 unspecified atom stereocenters. The van der Waals surface area contributed by atoms with E-state index < -0.39 is 23.6 Å². The number of anilines is 1. The van der Waals surface area contributed by atoms with Crippen LogP contribution >= 0.6 is 22.7 Å². The fourth-order valence-electron chi connectivity index (χ4n) is 1.98. The van der Waals surface area contributed by atoms with E-state index in [1.54, 1.807) is 43.0 Å². The Kier molecular flexibility index (Phi) is 6.38. The predicted molar refractivity (Wildman–Crippen MR) is 101 cm³/mol. The van der Waals surface area contributed by atoms with Crippen LogP contribution in [0.25, 0.3) is 0 Å². The second-order valence-corrected chi connectivity index (χ2v) is 7.93. The van der Waals surface area contributed by atoms with Gasteiger partial charge in [0.1, 0.15) is 10.5 Å². The molecule has 0 radical (unpaired) electrons. The Bertz CT molecular complexity index is 804. The molecule has 0 fully saturated rings. The average molecular weight is 396 g/mol. The molecule has 2 aromatic heterocycles. The van der Waals surface area contributed by atoms with Crippen LogP contribution in [0.5, 0.6) is 0 Å². The van der Waals surface area contributed by atoms with Crippen molar-refractivity contribution < 1.29 is 23.9 Å². The molecule has 0 spiro atoms. The molecule has 9 heteroatoms.